The van der Waals surface area contributed by atoms with Gasteiger partial charge in [0, 0.05) is 19.3 Å². The van der Waals surface area contributed by atoms with E-state index in [9.17, 15) is 0 Å². The minimum absolute atomic E-state index is 0.306. The highest BCUT2D eigenvalue weighted by Gasteiger charge is 2.23. The summed E-state index contributed by atoms with van der Waals surface area (Å²) in [5.74, 6) is 0. The summed E-state index contributed by atoms with van der Waals surface area (Å²) in [4.78, 5) is 0. The Bertz CT molecular complexity index is 297. The van der Waals surface area contributed by atoms with Crippen LogP contribution in [0, 0.1) is 0 Å². The van der Waals surface area contributed by atoms with E-state index in [0.717, 1.165) is 25.3 Å². The van der Waals surface area contributed by atoms with E-state index in [2.05, 4.69) is 24.3 Å². The van der Waals surface area contributed by atoms with E-state index in [-0.39, 0.29) is 0 Å². The van der Waals surface area contributed by atoms with Gasteiger partial charge in [-0.2, -0.15) is 5.10 Å². The lowest BCUT2D eigenvalue weighted by atomic mass is 10.1. The molecule has 78 valence electrons. The average molecular weight is 195 g/mol. The first kappa shape index (κ1) is 9.52. The number of aromatic nitrogens is 2. The van der Waals surface area contributed by atoms with Gasteiger partial charge in [0.15, 0.2) is 0 Å². The van der Waals surface area contributed by atoms with Gasteiger partial charge in [0.1, 0.15) is 0 Å². The van der Waals surface area contributed by atoms with Crippen molar-refractivity contribution < 1.29 is 4.74 Å². The molecule has 2 atom stereocenters. The molecule has 1 aromatic heterocycles. The van der Waals surface area contributed by atoms with E-state index in [1.165, 1.54) is 0 Å². The topological polar surface area (TPSA) is 39.1 Å². The molecule has 1 N–H and O–H groups in total. The van der Waals surface area contributed by atoms with Crippen molar-refractivity contribution in [3.8, 4) is 0 Å². The highest BCUT2D eigenvalue weighted by Crippen LogP contribution is 2.18. The zero-order valence-corrected chi connectivity index (χ0v) is 8.73. The van der Waals surface area contributed by atoms with Gasteiger partial charge in [-0.15, -0.1) is 0 Å². The summed E-state index contributed by atoms with van der Waals surface area (Å²) in [5, 5.41) is 7.65. The van der Waals surface area contributed by atoms with E-state index in [4.69, 9.17) is 4.74 Å². The lowest BCUT2D eigenvalue weighted by Gasteiger charge is -2.15. The van der Waals surface area contributed by atoms with Gasteiger partial charge >= 0.3 is 0 Å². The van der Waals surface area contributed by atoms with Gasteiger partial charge in [-0.25, -0.2) is 0 Å². The Morgan fingerprint density at radius 1 is 1.71 bits per heavy atom. The van der Waals surface area contributed by atoms with Gasteiger partial charge in [0.2, 0.25) is 0 Å². The Kier molecular flexibility index (Phi) is 2.72. The number of rotatable bonds is 3. The Morgan fingerprint density at radius 3 is 3.14 bits per heavy atom. The molecule has 0 amide bonds. The lowest BCUT2D eigenvalue weighted by Crippen LogP contribution is -2.26. The summed E-state index contributed by atoms with van der Waals surface area (Å²) < 4.78 is 7.40. The molecular formula is C10H17N3O. The van der Waals surface area contributed by atoms with Crippen molar-refractivity contribution in [2.75, 3.05) is 11.9 Å². The zero-order chi connectivity index (χ0) is 9.97. The summed E-state index contributed by atoms with van der Waals surface area (Å²) in [6.07, 6.45) is 5.29. The third-order valence-electron chi connectivity index (χ3n) is 2.69. The molecule has 1 aliphatic rings. The largest absolute Gasteiger partial charge is 0.377 e. The van der Waals surface area contributed by atoms with Crippen LogP contribution < -0.4 is 5.32 Å². The molecule has 0 spiro atoms. The molecular weight excluding hydrogens is 178 g/mol. The predicted molar refractivity (Wildman–Crippen MR) is 55.3 cm³/mol. The summed E-state index contributed by atoms with van der Waals surface area (Å²) >= 11 is 0. The second kappa shape index (κ2) is 4.00. The number of ether oxygens (including phenoxy) is 1. The molecule has 1 fully saturated rings. The number of hydrogen-bond donors (Lipinski definition) is 1. The number of hydrogen-bond acceptors (Lipinski definition) is 3. The van der Waals surface area contributed by atoms with Crippen molar-refractivity contribution in [3.63, 3.8) is 0 Å². The van der Waals surface area contributed by atoms with Gasteiger partial charge < -0.3 is 10.1 Å². The van der Waals surface area contributed by atoms with Gasteiger partial charge in [-0.05, 0) is 20.3 Å². The van der Waals surface area contributed by atoms with Crippen LogP contribution in [-0.2, 0) is 11.3 Å². The second-order valence-electron chi connectivity index (χ2n) is 3.70. The molecule has 14 heavy (non-hydrogen) atoms. The number of aryl methyl sites for hydroxylation is 1. The zero-order valence-electron chi connectivity index (χ0n) is 8.73. The number of anilines is 1. The molecule has 4 heteroatoms. The first-order valence-corrected chi connectivity index (χ1v) is 5.20. The maximum atomic E-state index is 5.48. The van der Waals surface area contributed by atoms with E-state index < -0.39 is 0 Å². The van der Waals surface area contributed by atoms with Crippen LogP contribution >= 0.6 is 0 Å². The minimum atomic E-state index is 0.306. The summed E-state index contributed by atoms with van der Waals surface area (Å²) in [7, 11) is 0. The van der Waals surface area contributed by atoms with E-state index in [1.54, 1.807) is 0 Å². The van der Waals surface area contributed by atoms with Crippen LogP contribution in [0.1, 0.15) is 20.3 Å². The molecule has 0 saturated carbocycles. The molecule has 0 radical (unpaired) electrons. The van der Waals surface area contributed by atoms with Crippen molar-refractivity contribution in [2.24, 2.45) is 0 Å². The third kappa shape index (κ3) is 1.90. The van der Waals surface area contributed by atoms with Gasteiger partial charge in [0.25, 0.3) is 0 Å². The molecule has 4 nitrogen and oxygen atoms in total. The van der Waals surface area contributed by atoms with Crippen LogP contribution in [0.4, 0.5) is 5.69 Å². The molecule has 1 aromatic rings. The third-order valence-corrected chi connectivity index (χ3v) is 2.69. The fourth-order valence-electron chi connectivity index (χ4n) is 1.75. The van der Waals surface area contributed by atoms with Gasteiger partial charge in [0.05, 0.1) is 24.0 Å². The summed E-state index contributed by atoms with van der Waals surface area (Å²) in [6, 6.07) is 0.435. The smallest absolute Gasteiger partial charge is 0.0748 e. The Morgan fingerprint density at radius 2 is 2.57 bits per heavy atom. The monoisotopic (exact) mass is 195 g/mol. The Hall–Kier alpha value is -1.03. The van der Waals surface area contributed by atoms with Crippen molar-refractivity contribution in [3.05, 3.63) is 12.4 Å². The van der Waals surface area contributed by atoms with E-state index >= 15 is 0 Å². The van der Waals surface area contributed by atoms with Gasteiger partial charge in [-0.3, -0.25) is 4.68 Å². The standard InChI is InChI=1S/C10H17N3O/c1-3-13-7-9(6-11-13)12-10-4-5-14-8(10)2/h6-8,10,12H,3-5H2,1-2H3/t8-,10+/m0/s1. The normalized spacial score (nSPS) is 26.7. The van der Waals surface area contributed by atoms with Crippen molar-refractivity contribution in [1.29, 1.82) is 0 Å². The van der Waals surface area contributed by atoms with Crippen LogP contribution in [0.5, 0.6) is 0 Å². The van der Waals surface area contributed by atoms with Crippen molar-refractivity contribution >= 4 is 5.69 Å². The minimum Gasteiger partial charge on any atom is -0.377 e. The fraction of sp³-hybridized carbons (Fsp3) is 0.700. The lowest BCUT2D eigenvalue weighted by molar-refractivity contribution is 0.121. The SMILES string of the molecule is CCn1cc(N[C@@H]2CCO[C@H]2C)cn1. The molecule has 0 aliphatic carbocycles. The van der Waals surface area contributed by atoms with Crippen LogP contribution in [0.25, 0.3) is 0 Å². The van der Waals surface area contributed by atoms with Crippen molar-refractivity contribution in [1.82, 2.24) is 9.78 Å². The Labute approximate surface area is 84.3 Å². The van der Waals surface area contributed by atoms with E-state index in [1.807, 2.05) is 17.1 Å². The maximum Gasteiger partial charge on any atom is 0.0748 e. The quantitative estimate of drug-likeness (QED) is 0.794. The predicted octanol–water partition coefficient (Wildman–Crippen LogP) is 1.49. The number of nitrogens with one attached hydrogen (secondary N) is 1. The fourth-order valence-corrected chi connectivity index (χ4v) is 1.75. The molecule has 1 saturated heterocycles. The van der Waals surface area contributed by atoms with Crippen LogP contribution in [0.2, 0.25) is 0 Å². The molecule has 1 aliphatic heterocycles. The van der Waals surface area contributed by atoms with Crippen LogP contribution in [-0.4, -0.2) is 28.5 Å². The molecule has 2 rings (SSSR count). The summed E-state index contributed by atoms with van der Waals surface area (Å²) in [5.41, 5.74) is 1.09. The molecule has 2 heterocycles. The molecule has 0 unspecified atom stereocenters. The molecule has 0 bridgehead atoms. The second-order valence-corrected chi connectivity index (χ2v) is 3.70. The van der Waals surface area contributed by atoms with Gasteiger partial charge in [-0.1, -0.05) is 0 Å². The van der Waals surface area contributed by atoms with Crippen LogP contribution in [0.15, 0.2) is 12.4 Å². The number of nitrogens with zero attached hydrogens (tertiary/aromatic N) is 2. The Balaban J connectivity index is 1.96. The van der Waals surface area contributed by atoms with E-state index in [0.29, 0.717) is 12.1 Å². The summed E-state index contributed by atoms with van der Waals surface area (Å²) in [6.45, 7) is 5.96. The average Bonchev–Trinajstić information content (AvgIpc) is 2.77. The first-order chi connectivity index (χ1) is 6.79. The highest BCUT2D eigenvalue weighted by atomic mass is 16.5. The van der Waals surface area contributed by atoms with Crippen LogP contribution in [0.3, 0.4) is 0 Å². The maximum absolute atomic E-state index is 5.48. The van der Waals surface area contributed by atoms with Crippen molar-refractivity contribution in [2.45, 2.75) is 39.0 Å². The molecule has 0 aromatic carbocycles. The highest BCUT2D eigenvalue weighted by molar-refractivity contribution is 5.39. The first-order valence-electron chi connectivity index (χ1n) is 5.20.